The maximum Gasteiger partial charge on any atom is 0.0879 e. The van der Waals surface area contributed by atoms with Crippen molar-refractivity contribution in [3.8, 4) is 0 Å². The summed E-state index contributed by atoms with van der Waals surface area (Å²) in [4.78, 5) is 5.31. The summed E-state index contributed by atoms with van der Waals surface area (Å²) in [6.45, 7) is 3.01. The maximum absolute atomic E-state index is 4.42. The number of aryl methyl sites for hydroxylation is 1. The molecular weight excluding hydrogens is 208 g/mol. The molecule has 0 radical (unpaired) electrons. The summed E-state index contributed by atoms with van der Waals surface area (Å²) in [6, 6.07) is 2.20. The van der Waals surface area contributed by atoms with Gasteiger partial charge in [0, 0.05) is 24.3 Å². The lowest BCUT2D eigenvalue weighted by Crippen LogP contribution is -2.21. The number of rotatable bonds is 4. The van der Waals surface area contributed by atoms with Crippen LogP contribution in [0, 0.1) is 0 Å². The van der Waals surface area contributed by atoms with Gasteiger partial charge in [-0.25, -0.2) is 0 Å². The summed E-state index contributed by atoms with van der Waals surface area (Å²) in [5, 5.41) is 7.83. The third-order valence-corrected chi connectivity index (χ3v) is 3.01. The minimum absolute atomic E-state index is 0.170. The molecule has 0 aliphatic heterocycles. The Labute approximate surface area is 93.0 Å². The van der Waals surface area contributed by atoms with E-state index in [2.05, 4.69) is 22.3 Å². The van der Waals surface area contributed by atoms with Crippen molar-refractivity contribution in [3.05, 3.63) is 34.5 Å². The molecule has 2 heterocycles. The van der Waals surface area contributed by atoms with E-state index in [9.17, 15) is 0 Å². The first-order chi connectivity index (χ1) is 7.31. The van der Waals surface area contributed by atoms with Gasteiger partial charge in [-0.15, -0.1) is 11.3 Å². The average Bonchev–Trinajstić information content (AvgIpc) is 2.85. The van der Waals surface area contributed by atoms with Gasteiger partial charge in [0.2, 0.25) is 0 Å². The minimum Gasteiger partial charge on any atom is -0.304 e. The lowest BCUT2D eigenvalue weighted by atomic mass is 10.2. The quantitative estimate of drug-likeness (QED) is 0.854. The number of thiazole rings is 1. The molecule has 0 amide bonds. The highest BCUT2D eigenvalue weighted by atomic mass is 32.1. The minimum atomic E-state index is 0.170. The van der Waals surface area contributed by atoms with Gasteiger partial charge in [-0.2, -0.15) is 5.10 Å². The molecule has 1 N–H and O–H groups in total. The Kier molecular flexibility index (Phi) is 3.13. The molecule has 2 aromatic rings. The van der Waals surface area contributed by atoms with Crippen LogP contribution in [0.15, 0.2) is 24.0 Å². The maximum atomic E-state index is 4.42. The van der Waals surface area contributed by atoms with E-state index in [4.69, 9.17) is 0 Å². The Hall–Kier alpha value is -1.20. The molecule has 0 aliphatic rings. The molecule has 0 saturated heterocycles. The number of nitrogens with one attached hydrogen (secondary N) is 1. The predicted molar refractivity (Wildman–Crippen MR) is 60.8 cm³/mol. The van der Waals surface area contributed by atoms with Gasteiger partial charge in [0.15, 0.2) is 0 Å². The molecule has 1 unspecified atom stereocenters. The van der Waals surface area contributed by atoms with Gasteiger partial charge in [-0.05, 0) is 12.6 Å². The van der Waals surface area contributed by atoms with Gasteiger partial charge < -0.3 is 5.32 Å². The highest BCUT2D eigenvalue weighted by Gasteiger charge is 2.16. The molecule has 0 aromatic carbocycles. The zero-order valence-corrected chi connectivity index (χ0v) is 9.66. The van der Waals surface area contributed by atoms with Gasteiger partial charge in [0.1, 0.15) is 0 Å². The molecule has 5 heteroatoms. The van der Waals surface area contributed by atoms with E-state index >= 15 is 0 Å². The second-order valence-corrected chi connectivity index (χ2v) is 4.23. The van der Waals surface area contributed by atoms with Crippen LogP contribution in [0.1, 0.15) is 23.5 Å². The lowest BCUT2D eigenvalue weighted by molar-refractivity contribution is 0.606. The number of hydrogen-bond donors (Lipinski definition) is 1. The van der Waals surface area contributed by atoms with Crippen LogP contribution in [0.3, 0.4) is 0 Å². The number of aromatic nitrogens is 3. The van der Waals surface area contributed by atoms with Crippen LogP contribution in [-0.4, -0.2) is 21.3 Å². The van der Waals surface area contributed by atoms with Crippen LogP contribution in [0.25, 0.3) is 0 Å². The average molecular weight is 222 g/mol. The second kappa shape index (κ2) is 4.55. The Balaban J connectivity index is 2.27. The molecule has 0 bridgehead atoms. The van der Waals surface area contributed by atoms with Gasteiger partial charge in [0.25, 0.3) is 0 Å². The Morgan fingerprint density at radius 1 is 1.60 bits per heavy atom. The van der Waals surface area contributed by atoms with Crippen molar-refractivity contribution in [3.63, 3.8) is 0 Å². The number of nitrogens with zero attached hydrogens (tertiary/aromatic N) is 3. The van der Waals surface area contributed by atoms with Crippen LogP contribution < -0.4 is 5.32 Å². The van der Waals surface area contributed by atoms with Crippen molar-refractivity contribution >= 4 is 11.3 Å². The monoisotopic (exact) mass is 222 g/mol. The van der Waals surface area contributed by atoms with Crippen molar-refractivity contribution in [2.24, 2.45) is 7.05 Å². The fourth-order valence-corrected chi connectivity index (χ4v) is 2.22. The fraction of sp³-hybridized carbons (Fsp3) is 0.400. The van der Waals surface area contributed by atoms with Gasteiger partial charge >= 0.3 is 0 Å². The summed E-state index contributed by atoms with van der Waals surface area (Å²) in [6.07, 6.45) is 3.85. The number of hydrogen-bond acceptors (Lipinski definition) is 4. The van der Waals surface area contributed by atoms with Gasteiger partial charge in [-0.3, -0.25) is 9.67 Å². The molecule has 15 heavy (non-hydrogen) atoms. The molecule has 0 spiro atoms. The molecule has 0 saturated carbocycles. The van der Waals surface area contributed by atoms with Crippen LogP contribution >= 0.6 is 11.3 Å². The third kappa shape index (κ3) is 2.24. The largest absolute Gasteiger partial charge is 0.304 e. The second-order valence-electron chi connectivity index (χ2n) is 3.31. The van der Waals surface area contributed by atoms with Crippen molar-refractivity contribution in [1.82, 2.24) is 20.1 Å². The van der Waals surface area contributed by atoms with Crippen molar-refractivity contribution in [2.45, 2.75) is 13.0 Å². The molecule has 1 atom stereocenters. The van der Waals surface area contributed by atoms with E-state index in [0.29, 0.717) is 0 Å². The van der Waals surface area contributed by atoms with E-state index in [1.807, 2.05) is 35.7 Å². The highest BCUT2D eigenvalue weighted by molar-refractivity contribution is 7.09. The zero-order valence-electron chi connectivity index (χ0n) is 8.84. The van der Waals surface area contributed by atoms with Crippen molar-refractivity contribution in [1.29, 1.82) is 0 Å². The normalized spacial score (nSPS) is 12.9. The van der Waals surface area contributed by atoms with Crippen molar-refractivity contribution < 1.29 is 0 Å². The van der Waals surface area contributed by atoms with Crippen LogP contribution in [0.5, 0.6) is 0 Å². The van der Waals surface area contributed by atoms with E-state index < -0.39 is 0 Å². The van der Waals surface area contributed by atoms with Gasteiger partial charge in [0.05, 0.1) is 17.2 Å². The summed E-state index contributed by atoms with van der Waals surface area (Å²) >= 11 is 1.65. The molecule has 0 aliphatic carbocycles. The van der Waals surface area contributed by atoms with Crippen LogP contribution in [0.2, 0.25) is 0 Å². The van der Waals surface area contributed by atoms with E-state index in [1.165, 1.54) is 4.88 Å². The summed E-state index contributed by atoms with van der Waals surface area (Å²) in [5.41, 5.74) is 2.89. The Bertz CT molecular complexity index is 407. The fourth-order valence-electron chi connectivity index (χ4n) is 1.51. The Morgan fingerprint density at radius 2 is 2.47 bits per heavy atom. The lowest BCUT2D eigenvalue weighted by Gasteiger charge is -2.12. The van der Waals surface area contributed by atoms with E-state index in [-0.39, 0.29) is 6.04 Å². The first-order valence-corrected chi connectivity index (χ1v) is 5.80. The van der Waals surface area contributed by atoms with Crippen molar-refractivity contribution in [2.75, 3.05) is 6.54 Å². The van der Waals surface area contributed by atoms with Crippen LogP contribution in [0.4, 0.5) is 0 Å². The molecule has 2 aromatic heterocycles. The van der Waals surface area contributed by atoms with Crippen LogP contribution in [-0.2, 0) is 7.05 Å². The molecular formula is C10H14N4S. The topological polar surface area (TPSA) is 42.7 Å². The summed E-state index contributed by atoms with van der Waals surface area (Å²) in [7, 11) is 1.93. The molecule has 4 nitrogen and oxygen atoms in total. The van der Waals surface area contributed by atoms with E-state index in [0.717, 1.165) is 12.2 Å². The predicted octanol–water partition coefficient (Wildman–Crippen LogP) is 1.58. The molecule has 2 rings (SSSR count). The van der Waals surface area contributed by atoms with E-state index in [1.54, 1.807) is 11.3 Å². The first-order valence-electron chi connectivity index (χ1n) is 4.92. The molecule has 0 fully saturated rings. The SMILES string of the molecule is CCNC(c1ccn(C)n1)c1cncs1. The first kappa shape index (κ1) is 10.3. The van der Waals surface area contributed by atoms with Gasteiger partial charge in [-0.1, -0.05) is 6.92 Å². The highest BCUT2D eigenvalue weighted by Crippen LogP contribution is 2.23. The smallest absolute Gasteiger partial charge is 0.0879 e. The third-order valence-electron chi connectivity index (χ3n) is 2.17. The summed E-state index contributed by atoms with van der Waals surface area (Å²) in [5.74, 6) is 0. The standard InChI is InChI=1S/C10H14N4S/c1-3-12-10(9-6-11-7-15-9)8-4-5-14(2)13-8/h4-7,10,12H,3H2,1-2H3. The molecule has 80 valence electrons. The summed E-state index contributed by atoms with van der Waals surface area (Å²) < 4.78 is 1.82. The zero-order chi connectivity index (χ0) is 10.7. The Morgan fingerprint density at radius 3 is 3.00 bits per heavy atom.